The molecule has 1 aliphatic heterocycles. The summed E-state index contributed by atoms with van der Waals surface area (Å²) in [5.41, 5.74) is 1.71. The number of hydrogen-bond acceptors (Lipinski definition) is 3. The molecule has 0 spiro atoms. The van der Waals surface area contributed by atoms with Crippen LogP contribution < -0.4 is 0 Å². The molecule has 1 aromatic heterocycles. The Morgan fingerprint density at radius 2 is 2.00 bits per heavy atom. The molecule has 1 aliphatic rings. The maximum absolute atomic E-state index is 13.3. The molecule has 0 radical (unpaired) electrons. The van der Waals surface area contributed by atoms with Crippen LogP contribution in [0.4, 0.5) is 13.2 Å². The number of carbonyl (C=O) groups excluding carboxylic acids is 1. The first kappa shape index (κ1) is 20.9. The Balaban J connectivity index is 1.76. The number of likely N-dealkylation sites (N-methyl/N-ethyl adjacent to an activating group) is 1. The Hall–Kier alpha value is -2.35. The van der Waals surface area contributed by atoms with E-state index in [4.69, 9.17) is 11.6 Å². The summed E-state index contributed by atoms with van der Waals surface area (Å²) in [7, 11) is 2.03. The van der Waals surface area contributed by atoms with E-state index in [1.165, 1.54) is 6.07 Å². The molecule has 0 saturated heterocycles. The van der Waals surface area contributed by atoms with Gasteiger partial charge in [0.15, 0.2) is 6.29 Å². The molecule has 0 bridgehead atoms. The third-order valence-corrected chi connectivity index (χ3v) is 5.89. The molecule has 30 heavy (non-hydrogen) atoms. The number of hydrogen-bond donors (Lipinski definition) is 1. The molecule has 0 aliphatic carbocycles. The van der Waals surface area contributed by atoms with Gasteiger partial charge in [0.05, 0.1) is 18.2 Å². The number of alkyl halides is 3. The Kier molecular flexibility index (Phi) is 5.38. The monoisotopic (exact) mass is 436 g/mol. The van der Waals surface area contributed by atoms with Crippen LogP contribution in [0.15, 0.2) is 36.4 Å². The average Bonchev–Trinajstić information content (AvgIpc) is 2.99. The molecule has 0 saturated carbocycles. The van der Waals surface area contributed by atoms with Crippen LogP contribution in [0, 0.1) is 0 Å². The van der Waals surface area contributed by atoms with Crippen LogP contribution >= 0.6 is 11.6 Å². The zero-order valence-corrected chi connectivity index (χ0v) is 17.0. The zero-order valence-electron chi connectivity index (χ0n) is 16.2. The van der Waals surface area contributed by atoms with Crippen LogP contribution in [-0.4, -0.2) is 34.5 Å². The number of aromatic nitrogens is 1. The van der Waals surface area contributed by atoms with Crippen LogP contribution in [0.2, 0.25) is 5.02 Å². The van der Waals surface area contributed by atoms with Gasteiger partial charge in [-0.15, -0.1) is 0 Å². The molecule has 3 aromatic rings. The predicted molar refractivity (Wildman–Crippen MR) is 109 cm³/mol. The fourth-order valence-electron chi connectivity index (χ4n) is 4.17. The summed E-state index contributed by atoms with van der Waals surface area (Å²) in [5.74, 6) is 0. The fourth-order valence-corrected chi connectivity index (χ4v) is 4.35. The normalized spacial score (nSPS) is 15.9. The van der Waals surface area contributed by atoms with Crippen molar-refractivity contribution in [3.05, 3.63) is 69.4 Å². The molecule has 8 heteroatoms. The van der Waals surface area contributed by atoms with Crippen molar-refractivity contribution in [1.29, 1.82) is 0 Å². The molecule has 1 unspecified atom stereocenters. The van der Waals surface area contributed by atoms with E-state index in [0.717, 1.165) is 53.8 Å². The lowest BCUT2D eigenvalue weighted by atomic mass is 10.0. The minimum Gasteiger partial charge on any atom is -0.387 e. The Morgan fingerprint density at radius 3 is 2.70 bits per heavy atom. The molecule has 2 heterocycles. The second-order valence-electron chi connectivity index (χ2n) is 7.66. The van der Waals surface area contributed by atoms with Crippen LogP contribution in [0.25, 0.3) is 10.9 Å². The summed E-state index contributed by atoms with van der Waals surface area (Å²) in [4.78, 5) is 13.2. The topological polar surface area (TPSA) is 45.5 Å². The highest BCUT2D eigenvalue weighted by atomic mass is 35.5. The van der Waals surface area contributed by atoms with E-state index in [1.54, 1.807) is 6.07 Å². The Morgan fingerprint density at radius 1 is 1.23 bits per heavy atom. The lowest BCUT2D eigenvalue weighted by Crippen LogP contribution is -2.27. The Labute approximate surface area is 176 Å². The van der Waals surface area contributed by atoms with Crippen molar-refractivity contribution in [3.63, 3.8) is 0 Å². The van der Waals surface area contributed by atoms with Gasteiger partial charge in [-0.1, -0.05) is 23.7 Å². The van der Waals surface area contributed by atoms with Gasteiger partial charge in [0.2, 0.25) is 0 Å². The molecule has 4 nitrogen and oxygen atoms in total. The summed E-state index contributed by atoms with van der Waals surface area (Å²) in [6.07, 6.45) is -4.90. The number of nitrogens with zero attached hydrogens (tertiary/aromatic N) is 2. The van der Waals surface area contributed by atoms with Gasteiger partial charge in [-0.25, -0.2) is 0 Å². The van der Waals surface area contributed by atoms with Crippen molar-refractivity contribution in [3.8, 4) is 0 Å². The van der Waals surface area contributed by atoms with Crippen LogP contribution in [0.3, 0.4) is 0 Å². The minimum absolute atomic E-state index is 0.106. The van der Waals surface area contributed by atoms with E-state index in [2.05, 4.69) is 4.90 Å². The first-order valence-corrected chi connectivity index (χ1v) is 9.89. The van der Waals surface area contributed by atoms with Crippen molar-refractivity contribution in [2.45, 2.75) is 31.8 Å². The number of rotatable bonds is 4. The van der Waals surface area contributed by atoms with Gasteiger partial charge in [-0.3, -0.25) is 4.79 Å². The SMILES string of the molecule is CN1CCc2c(c3cc(Cl)ccc3n2CC(O)c2ccc(C=O)c(C(F)(F)F)c2)C1. The predicted octanol–water partition coefficient (Wildman–Crippen LogP) is 4.85. The molecule has 0 amide bonds. The van der Waals surface area contributed by atoms with E-state index in [0.29, 0.717) is 5.02 Å². The molecule has 2 aromatic carbocycles. The highest BCUT2D eigenvalue weighted by molar-refractivity contribution is 6.31. The largest absolute Gasteiger partial charge is 0.417 e. The number of benzene rings is 2. The van der Waals surface area contributed by atoms with Gasteiger partial charge in [-0.05, 0) is 42.4 Å². The second kappa shape index (κ2) is 7.72. The van der Waals surface area contributed by atoms with Gasteiger partial charge in [0.25, 0.3) is 0 Å². The van der Waals surface area contributed by atoms with Crippen molar-refractivity contribution >= 4 is 28.8 Å². The smallest absolute Gasteiger partial charge is 0.387 e. The van der Waals surface area contributed by atoms with E-state index in [1.807, 2.05) is 23.7 Å². The van der Waals surface area contributed by atoms with Gasteiger partial charge < -0.3 is 14.6 Å². The molecular weight excluding hydrogens is 417 g/mol. The van der Waals surface area contributed by atoms with Gasteiger partial charge >= 0.3 is 6.18 Å². The number of aldehydes is 1. The summed E-state index contributed by atoms with van der Waals surface area (Å²) in [6.45, 7) is 1.69. The third-order valence-electron chi connectivity index (χ3n) is 5.66. The van der Waals surface area contributed by atoms with Crippen LogP contribution in [-0.2, 0) is 25.7 Å². The first-order chi connectivity index (χ1) is 14.2. The molecular formula is C22H20ClF3N2O2. The van der Waals surface area contributed by atoms with E-state index in [-0.39, 0.29) is 18.4 Å². The van der Waals surface area contributed by atoms with Gasteiger partial charge in [0, 0.05) is 46.7 Å². The lowest BCUT2D eigenvalue weighted by Gasteiger charge is -2.25. The van der Waals surface area contributed by atoms with E-state index >= 15 is 0 Å². The maximum atomic E-state index is 13.3. The average molecular weight is 437 g/mol. The molecule has 4 rings (SSSR count). The summed E-state index contributed by atoms with van der Waals surface area (Å²) in [6, 6.07) is 8.86. The standard InChI is InChI=1S/C22H20ClF3N2O2/c1-27-7-6-20-17(10-27)16-9-15(23)4-5-19(16)28(20)11-21(30)13-2-3-14(12-29)18(8-13)22(24,25)26/h2-5,8-9,12,21,30H,6-7,10-11H2,1H3. The minimum atomic E-state index is -4.67. The highest BCUT2D eigenvalue weighted by Crippen LogP contribution is 2.36. The summed E-state index contributed by atoms with van der Waals surface area (Å²) < 4.78 is 41.9. The van der Waals surface area contributed by atoms with Crippen molar-refractivity contribution in [1.82, 2.24) is 9.47 Å². The molecule has 0 fully saturated rings. The number of fused-ring (bicyclic) bond motifs is 3. The van der Waals surface area contributed by atoms with Crippen molar-refractivity contribution in [2.24, 2.45) is 0 Å². The second-order valence-corrected chi connectivity index (χ2v) is 8.10. The number of aliphatic hydroxyl groups excluding tert-OH is 1. The van der Waals surface area contributed by atoms with Crippen molar-refractivity contribution < 1.29 is 23.1 Å². The summed E-state index contributed by atoms with van der Waals surface area (Å²) in [5, 5.41) is 12.4. The van der Waals surface area contributed by atoms with Gasteiger partial charge in [0.1, 0.15) is 0 Å². The summed E-state index contributed by atoms with van der Waals surface area (Å²) >= 11 is 6.19. The number of carbonyl (C=O) groups is 1. The molecule has 1 atom stereocenters. The van der Waals surface area contributed by atoms with E-state index < -0.39 is 23.4 Å². The van der Waals surface area contributed by atoms with Crippen LogP contribution in [0.1, 0.15) is 38.8 Å². The number of halogens is 4. The van der Waals surface area contributed by atoms with E-state index in [9.17, 15) is 23.1 Å². The third kappa shape index (κ3) is 3.73. The van der Waals surface area contributed by atoms with Crippen molar-refractivity contribution in [2.75, 3.05) is 13.6 Å². The molecule has 1 N–H and O–H groups in total. The van der Waals surface area contributed by atoms with Gasteiger partial charge in [-0.2, -0.15) is 13.2 Å². The first-order valence-electron chi connectivity index (χ1n) is 9.51. The molecule has 158 valence electrons. The number of aliphatic hydroxyl groups is 1. The maximum Gasteiger partial charge on any atom is 0.417 e. The quantitative estimate of drug-likeness (QED) is 0.595. The zero-order chi connectivity index (χ0) is 21.6. The fraction of sp³-hybridized carbons (Fsp3) is 0.318. The lowest BCUT2D eigenvalue weighted by molar-refractivity contribution is -0.137. The van der Waals surface area contributed by atoms with Crippen LogP contribution in [0.5, 0.6) is 0 Å². The Bertz CT molecular complexity index is 1120. The highest BCUT2D eigenvalue weighted by Gasteiger charge is 2.34.